The summed E-state index contributed by atoms with van der Waals surface area (Å²) in [5, 5.41) is 23.4. The molecule has 0 saturated heterocycles. The molecule has 1 aliphatic rings. The van der Waals surface area contributed by atoms with Gasteiger partial charge in [0.15, 0.2) is 0 Å². The molecule has 1 fully saturated rings. The lowest BCUT2D eigenvalue weighted by Gasteiger charge is -2.39. The highest BCUT2D eigenvalue weighted by molar-refractivity contribution is 5.72. The summed E-state index contributed by atoms with van der Waals surface area (Å²) in [4.78, 5) is 21.6. The molecular weight excluding hydrogens is 296 g/mol. The molecule has 6 nitrogen and oxygen atoms in total. The third-order valence-electron chi connectivity index (χ3n) is 4.36. The first-order chi connectivity index (χ1) is 10.7. The average Bonchev–Trinajstić information content (AvgIpc) is 2.37. The summed E-state index contributed by atoms with van der Waals surface area (Å²) in [6.07, 6.45) is 2.89. The molecule has 0 amide bonds. The maximum absolute atomic E-state index is 11.3. The van der Waals surface area contributed by atoms with Crippen molar-refractivity contribution < 1.29 is 14.8 Å². The first-order valence-electron chi connectivity index (χ1n) is 7.92. The molecule has 2 rings (SSSR count). The fourth-order valence-corrected chi connectivity index (χ4v) is 3.81. The zero-order chi connectivity index (χ0) is 17.2. The van der Waals surface area contributed by atoms with Gasteiger partial charge in [-0.2, -0.15) is 0 Å². The van der Waals surface area contributed by atoms with Gasteiger partial charge in [-0.3, -0.25) is 14.9 Å². The number of carboxylic acids is 1. The zero-order valence-electron chi connectivity index (χ0n) is 13.8. The van der Waals surface area contributed by atoms with Crippen LogP contribution < -0.4 is 5.32 Å². The van der Waals surface area contributed by atoms with Crippen LogP contribution in [0, 0.1) is 21.4 Å². The van der Waals surface area contributed by atoms with Crippen LogP contribution in [0.2, 0.25) is 0 Å². The van der Waals surface area contributed by atoms with E-state index in [2.05, 4.69) is 26.1 Å². The first-order valence-corrected chi connectivity index (χ1v) is 7.92. The summed E-state index contributed by atoms with van der Waals surface area (Å²) in [7, 11) is 0. The number of aliphatic carboxylic acids is 1. The van der Waals surface area contributed by atoms with E-state index in [0.717, 1.165) is 19.3 Å². The van der Waals surface area contributed by atoms with Crippen LogP contribution in [0.1, 0.15) is 45.6 Å². The lowest BCUT2D eigenvalue weighted by molar-refractivity contribution is -0.384. The van der Waals surface area contributed by atoms with E-state index in [1.165, 1.54) is 6.07 Å². The summed E-state index contributed by atoms with van der Waals surface area (Å²) in [6.45, 7) is 6.66. The van der Waals surface area contributed by atoms with Crippen LogP contribution in [0.15, 0.2) is 18.2 Å². The lowest BCUT2D eigenvalue weighted by Crippen LogP contribution is -2.35. The second-order valence-electron chi connectivity index (χ2n) is 7.43. The first kappa shape index (κ1) is 17.2. The Morgan fingerprint density at radius 3 is 2.70 bits per heavy atom. The zero-order valence-corrected chi connectivity index (χ0v) is 13.8. The summed E-state index contributed by atoms with van der Waals surface area (Å²) in [5.41, 5.74) is 1.07. The third-order valence-corrected chi connectivity index (χ3v) is 4.36. The Morgan fingerprint density at radius 1 is 1.43 bits per heavy atom. The molecule has 126 valence electrons. The monoisotopic (exact) mass is 320 g/mol. The van der Waals surface area contributed by atoms with Gasteiger partial charge in [-0.1, -0.05) is 26.8 Å². The van der Waals surface area contributed by atoms with Gasteiger partial charge in [0.2, 0.25) is 0 Å². The van der Waals surface area contributed by atoms with Crippen molar-refractivity contribution in [1.29, 1.82) is 0 Å². The highest BCUT2D eigenvalue weighted by Gasteiger charge is 2.32. The van der Waals surface area contributed by atoms with Crippen molar-refractivity contribution in [2.45, 2.75) is 52.5 Å². The van der Waals surface area contributed by atoms with E-state index < -0.39 is 10.9 Å². The van der Waals surface area contributed by atoms with E-state index in [4.69, 9.17) is 5.11 Å². The molecule has 23 heavy (non-hydrogen) atoms. The Hall–Kier alpha value is -2.11. The van der Waals surface area contributed by atoms with Crippen molar-refractivity contribution in [2.24, 2.45) is 11.3 Å². The molecule has 1 aromatic carbocycles. The van der Waals surface area contributed by atoms with Crippen LogP contribution in [0.4, 0.5) is 11.4 Å². The minimum Gasteiger partial charge on any atom is -0.481 e. The lowest BCUT2D eigenvalue weighted by atomic mass is 9.70. The number of nitrogens with zero attached hydrogens (tertiary/aromatic N) is 1. The minimum atomic E-state index is -0.997. The van der Waals surface area contributed by atoms with Crippen LogP contribution in [0.3, 0.4) is 0 Å². The molecule has 0 radical (unpaired) electrons. The predicted octanol–water partition coefficient (Wildman–Crippen LogP) is 3.85. The molecule has 0 unspecified atom stereocenters. The molecule has 2 N–H and O–H groups in total. The van der Waals surface area contributed by atoms with E-state index in [-0.39, 0.29) is 23.6 Å². The second-order valence-corrected chi connectivity index (χ2v) is 7.43. The number of benzene rings is 1. The van der Waals surface area contributed by atoms with Gasteiger partial charge in [0, 0.05) is 12.1 Å². The molecule has 0 heterocycles. The molecule has 0 aliphatic heterocycles. The number of nitro benzene ring substituents is 1. The van der Waals surface area contributed by atoms with Gasteiger partial charge in [-0.25, -0.2) is 0 Å². The van der Waals surface area contributed by atoms with Crippen molar-refractivity contribution in [1.82, 2.24) is 0 Å². The Kier molecular flexibility index (Phi) is 4.92. The Morgan fingerprint density at radius 2 is 2.13 bits per heavy atom. The molecule has 1 aromatic rings. The van der Waals surface area contributed by atoms with E-state index >= 15 is 0 Å². The van der Waals surface area contributed by atoms with Gasteiger partial charge >= 0.3 is 5.97 Å². The molecule has 2 atom stereocenters. The van der Waals surface area contributed by atoms with E-state index in [9.17, 15) is 14.9 Å². The number of hydrogen-bond acceptors (Lipinski definition) is 4. The van der Waals surface area contributed by atoms with E-state index in [1.807, 2.05) is 0 Å². The van der Waals surface area contributed by atoms with E-state index in [0.29, 0.717) is 17.2 Å². The van der Waals surface area contributed by atoms with Gasteiger partial charge in [0.25, 0.3) is 5.69 Å². The maximum atomic E-state index is 11.3. The van der Waals surface area contributed by atoms with Crippen LogP contribution in [0.25, 0.3) is 0 Å². The number of nitro groups is 1. The SMILES string of the molecule is C[C@H]1C[C@@H](Nc2ccc(CC(=O)O)cc2[N+](=O)[O-])CC(C)(C)C1. The molecule has 1 saturated carbocycles. The van der Waals surface area contributed by atoms with Crippen LogP contribution in [-0.2, 0) is 11.2 Å². The summed E-state index contributed by atoms with van der Waals surface area (Å²) >= 11 is 0. The largest absolute Gasteiger partial charge is 0.481 e. The maximum Gasteiger partial charge on any atom is 0.307 e. The fourth-order valence-electron chi connectivity index (χ4n) is 3.81. The third kappa shape index (κ3) is 4.68. The van der Waals surface area contributed by atoms with Crippen molar-refractivity contribution in [3.05, 3.63) is 33.9 Å². The summed E-state index contributed by atoms with van der Waals surface area (Å²) in [6, 6.07) is 4.81. The van der Waals surface area contributed by atoms with Crippen molar-refractivity contribution in [3.8, 4) is 0 Å². The number of rotatable bonds is 5. The number of carboxylic acid groups (broad SMARTS) is 1. The second kappa shape index (κ2) is 6.56. The number of hydrogen-bond donors (Lipinski definition) is 2. The predicted molar refractivity (Wildman–Crippen MR) is 88.6 cm³/mol. The standard InChI is InChI=1S/C17H24N2O4/c1-11-6-13(10-17(2,3)9-11)18-14-5-4-12(8-16(20)21)7-15(14)19(22)23/h4-5,7,11,13,18H,6,8-10H2,1-3H3,(H,20,21)/t11-,13+/m0/s1. The quantitative estimate of drug-likeness (QED) is 0.635. The van der Waals surface area contributed by atoms with E-state index in [1.54, 1.807) is 12.1 Å². The number of anilines is 1. The molecule has 0 spiro atoms. The van der Waals surface area contributed by atoms with Crippen LogP contribution in [0.5, 0.6) is 0 Å². The highest BCUT2D eigenvalue weighted by Crippen LogP contribution is 2.40. The van der Waals surface area contributed by atoms with Gasteiger partial charge < -0.3 is 10.4 Å². The average molecular weight is 320 g/mol. The topological polar surface area (TPSA) is 92.5 Å². The Bertz CT molecular complexity index is 613. The van der Waals surface area contributed by atoms with Gasteiger partial charge in [-0.05, 0) is 42.2 Å². The number of nitrogens with one attached hydrogen (secondary N) is 1. The normalized spacial score (nSPS) is 23.3. The molecule has 0 bridgehead atoms. The number of carbonyl (C=O) groups is 1. The molecule has 1 aliphatic carbocycles. The van der Waals surface area contributed by atoms with Gasteiger partial charge in [-0.15, -0.1) is 0 Å². The summed E-state index contributed by atoms with van der Waals surface area (Å²) < 4.78 is 0. The van der Waals surface area contributed by atoms with Crippen molar-refractivity contribution >= 4 is 17.3 Å². The smallest absolute Gasteiger partial charge is 0.307 e. The van der Waals surface area contributed by atoms with Crippen LogP contribution in [-0.4, -0.2) is 22.0 Å². The Balaban J connectivity index is 2.21. The highest BCUT2D eigenvalue weighted by atomic mass is 16.6. The molecule has 6 heteroatoms. The summed E-state index contributed by atoms with van der Waals surface area (Å²) in [5.74, 6) is -0.426. The van der Waals surface area contributed by atoms with Crippen molar-refractivity contribution in [2.75, 3.05) is 5.32 Å². The van der Waals surface area contributed by atoms with Crippen LogP contribution >= 0.6 is 0 Å². The Labute approximate surface area is 136 Å². The molecule has 0 aromatic heterocycles. The van der Waals surface area contributed by atoms with Gasteiger partial charge in [0.05, 0.1) is 11.3 Å². The van der Waals surface area contributed by atoms with Gasteiger partial charge in [0.1, 0.15) is 5.69 Å². The fraction of sp³-hybridized carbons (Fsp3) is 0.588. The minimum absolute atomic E-state index is 0.0558. The van der Waals surface area contributed by atoms with Crippen molar-refractivity contribution in [3.63, 3.8) is 0 Å². The molecular formula is C17H24N2O4.